The summed E-state index contributed by atoms with van der Waals surface area (Å²) in [6.45, 7) is 1.76. The Balaban J connectivity index is 1.38. The lowest BCUT2D eigenvalue weighted by Crippen LogP contribution is -2.30. The summed E-state index contributed by atoms with van der Waals surface area (Å²) in [5.41, 5.74) is 3.27. The van der Waals surface area contributed by atoms with Gasteiger partial charge in [0.25, 0.3) is 17.5 Å². The number of amides is 3. The second kappa shape index (κ2) is 15.3. The van der Waals surface area contributed by atoms with E-state index in [2.05, 4.69) is 16.0 Å². The molecule has 0 aromatic heterocycles. The largest absolute Gasteiger partial charge is 0.324 e. The molecular weight excluding hydrogens is 612 g/mol. The zero-order valence-electron chi connectivity index (χ0n) is 25.3. The van der Waals surface area contributed by atoms with Gasteiger partial charge in [0.2, 0.25) is 5.91 Å². The molecule has 1 atom stereocenters. The number of nitrogens with one attached hydrogen (secondary N) is 3. The van der Waals surface area contributed by atoms with Crippen LogP contribution in [0.15, 0.2) is 144 Å². The van der Waals surface area contributed by atoms with E-state index in [-0.39, 0.29) is 17.3 Å². The fourth-order valence-electron chi connectivity index (χ4n) is 4.60. The number of anilines is 2. The van der Waals surface area contributed by atoms with E-state index >= 15 is 0 Å². The standard InChI is InChI=1S/C37H30N4O5S/c1-25-20-21-30(41(45)46)24-32(25)39-37(44)34(27-14-7-3-8-15-27)47-31-19-11-18-29(23-31)38-36(43)33(22-26-12-5-2-6-13-26)40-35(42)28-16-9-4-10-17-28/h2-24,34H,1H3,(H,38,43)(H,39,44)(H,40,42)/b33-22-. The van der Waals surface area contributed by atoms with Crippen LogP contribution in [-0.2, 0) is 9.59 Å². The molecule has 0 aliphatic heterocycles. The summed E-state index contributed by atoms with van der Waals surface area (Å²) in [5, 5.41) is 19.1. The van der Waals surface area contributed by atoms with Crippen molar-refractivity contribution >= 4 is 52.6 Å². The van der Waals surface area contributed by atoms with Gasteiger partial charge in [-0.15, -0.1) is 11.8 Å². The van der Waals surface area contributed by atoms with Gasteiger partial charge >= 0.3 is 0 Å². The van der Waals surface area contributed by atoms with Crippen molar-refractivity contribution in [1.29, 1.82) is 0 Å². The molecule has 1 unspecified atom stereocenters. The molecule has 9 nitrogen and oxygen atoms in total. The van der Waals surface area contributed by atoms with Gasteiger partial charge in [0, 0.05) is 28.3 Å². The first-order valence-corrected chi connectivity index (χ1v) is 15.5. The summed E-state index contributed by atoms with van der Waals surface area (Å²) in [6.07, 6.45) is 1.60. The molecule has 234 valence electrons. The van der Waals surface area contributed by atoms with Crippen LogP contribution in [0.3, 0.4) is 0 Å². The minimum absolute atomic E-state index is 0.0528. The first kappa shape index (κ1) is 32.4. The Morgan fingerprint density at radius 2 is 1.43 bits per heavy atom. The molecule has 5 aromatic carbocycles. The quantitative estimate of drug-likeness (QED) is 0.0584. The molecule has 0 bridgehead atoms. The number of non-ortho nitro benzene ring substituents is 1. The molecule has 0 spiro atoms. The molecule has 47 heavy (non-hydrogen) atoms. The number of aryl methyl sites for hydroxylation is 1. The van der Waals surface area contributed by atoms with Crippen molar-refractivity contribution < 1.29 is 19.3 Å². The maximum absolute atomic E-state index is 13.7. The lowest BCUT2D eigenvalue weighted by atomic mass is 10.1. The van der Waals surface area contributed by atoms with Gasteiger partial charge in [-0.05, 0) is 60.0 Å². The Kier molecular flexibility index (Phi) is 10.6. The van der Waals surface area contributed by atoms with E-state index < -0.39 is 22.0 Å². The molecule has 5 aromatic rings. The van der Waals surface area contributed by atoms with Crippen LogP contribution in [0.4, 0.5) is 17.1 Å². The highest BCUT2D eigenvalue weighted by molar-refractivity contribution is 8.00. The van der Waals surface area contributed by atoms with E-state index in [9.17, 15) is 24.5 Å². The van der Waals surface area contributed by atoms with Crippen LogP contribution in [0.5, 0.6) is 0 Å². The first-order valence-electron chi connectivity index (χ1n) is 14.6. The molecule has 0 aliphatic carbocycles. The van der Waals surface area contributed by atoms with Crippen molar-refractivity contribution in [3.63, 3.8) is 0 Å². The number of benzene rings is 5. The number of thioether (sulfide) groups is 1. The number of hydrogen-bond donors (Lipinski definition) is 3. The minimum atomic E-state index is -0.723. The summed E-state index contributed by atoms with van der Waals surface area (Å²) in [6, 6.07) is 38.3. The average Bonchev–Trinajstić information content (AvgIpc) is 3.09. The van der Waals surface area contributed by atoms with Gasteiger partial charge in [0.05, 0.1) is 10.6 Å². The average molecular weight is 643 g/mol. The van der Waals surface area contributed by atoms with E-state index in [4.69, 9.17) is 0 Å². The summed E-state index contributed by atoms with van der Waals surface area (Å²) in [7, 11) is 0. The van der Waals surface area contributed by atoms with Crippen LogP contribution in [-0.4, -0.2) is 22.6 Å². The van der Waals surface area contributed by atoms with Crippen molar-refractivity contribution in [3.8, 4) is 0 Å². The first-order chi connectivity index (χ1) is 22.8. The molecule has 0 saturated heterocycles. The zero-order valence-corrected chi connectivity index (χ0v) is 26.1. The summed E-state index contributed by atoms with van der Waals surface area (Å²) >= 11 is 1.26. The Bertz CT molecular complexity index is 1930. The highest BCUT2D eigenvalue weighted by Gasteiger charge is 2.24. The highest BCUT2D eigenvalue weighted by atomic mass is 32.2. The van der Waals surface area contributed by atoms with Gasteiger partial charge in [-0.2, -0.15) is 0 Å². The van der Waals surface area contributed by atoms with Crippen molar-refractivity contribution in [1.82, 2.24) is 5.32 Å². The van der Waals surface area contributed by atoms with Crippen LogP contribution in [0, 0.1) is 17.0 Å². The predicted octanol–water partition coefficient (Wildman–Crippen LogP) is 7.78. The smallest absolute Gasteiger partial charge is 0.272 e. The fraction of sp³-hybridized carbons (Fsp3) is 0.0541. The number of rotatable bonds is 11. The van der Waals surface area contributed by atoms with Crippen molar-refractivity contribution in [3.05, 3.63) is 172 Å². The fourth-order valence-corrected chi connectivity index (χ4v) is 5.68. The molecule has 0 aliphatic rings. The number of carbonyl (C=O) groups excluding carboxylic acids is 3. The Morgan fingerprint density at radius 3 is 2.11 bits per heavy atom. The molecule has 5 rings (SSSR count). The second-order valence-electron chi connectivity index (χ2n) is 10.4. The number of hydrogen-bond acceptors (Lipinski definition) is 6. The third-order valence-electron chi connectivity index (χ3n) is 7.02. The Hall–Kier alpha value is -6.00. The van der Waals surface area contributed by atoms with E-state index in [1.807, 2.05) is 66.7 Å². The normalized spacial score (nSPS) is 11.6. The third-order valence-corrected chi connectivity index (χ3v) is 8.26. The number of nitro groups is 1. The summed E-state index contributed by atoms with van der Waals surface area (Å²) in [5.74, 6) is -1.32. The van der Waals surface area contributed by atoms with Gasteiger partial charge in [0.15, 0.2) is 0 Å². The number of carbonyl (C=O) groups is 3. The number of nitro benzene ring substituents is 1. The zero-order chi connectivity index (χ0) is 33.2. The van der Waals surface area contributed by atoms with Crippen molar-refractivity contribution in [2.24, 2.45) is 0 Å². The summed E-state index contributed by atoms with van der Waals surface area (Å²) < 4.78 is 0. The lowest BCUT2D eigenvalue weighted by Gasteiger charge is -2.18. The highest BCUT2D eigenvalue weighted by Crippen LogP contribution is 2.37. The predicted molar refractivity (Wildman–Crippen MR) is 185 cm³/mol. The van der Waals surface area contributed by atoms with Crippen LogP contribution < -0.4 is 16.0 Å². The molecular formula is C37H30N4O5S. The minimum Gasteiger partial charge on any atom is -0.324 e. The monoisotopic (exact) mass is 642 g/mol. The molecule has 0 saturated carbocycles. The lowest BCUT2D eigenvalue weighted by molar-refractivity contribution is -0.384. The van der Waals surface area contributed by atoms with Gasteiger partial charge in [-0.3, -0.25) is 24.5 Å². The van der Waals surface area contributed by atoms with E-state index in [0.29, 0.717) is 27.4 Å². The van der Waals surface area contributed by atoms with Gasteiger partial charge < -0.3 is 16.0 Å². The Labute approximate surface area is 275 Å². The third kappa shape index (κ3) is 8.80. The molecule has 0 radical (unpaired) electrons. The van der Waals surface area contributed by atoms with E-state index in [1.54, 1.807) is 67.6 Å². The van der Waals surface area contributed by atoms with Crippen molar-refractivity contribution in [2.75, 3.05) is 10.6 Å². The topological polar surface area (TPSA) is 130 Å². The number of nitrogens with zero attached hydrogens (tertiary/aromatic N) is 1. The molecule has 3 N–H and O–H groups in total. The van der Waals surface area contributed by atoms with Crippen LogP contribution >= 0.6 is 11.8 Å². The van der Waals surface area contributed by atoms with E-state index in [0.717, 1.165) is 11.1 Å². The summed E-state index contributed by atoms with van der Waals surface area (Å²) in [4.78, 5) is 51.7. The maximum Gasteiger partial charge on any atom is 0.272 e. The van der Waals surface area contributed by atoms with Crippen LogP contribution in [0.2, 0.25) is 0 Å². The van der Waals surface area contributed by atoms with Gasteiger partial charge in [-0.1, -0.05) is 91.0 Å². The van der Waals surface area contributed by atoms with Crippen LogP contribution in [0.25, 0.3) is 6.08 Å². The van der Waals surface area contributed by atoms with Gasteiger partial charge in [0.1, 0.15) is 10.9 Å². The molecule has 0 heterocycles. The maximum atomic E-state index is 13.7. The van der Waals surface area contributed by atoms with Gasteiger partial charge in [-0.25, -0.2) is 0 Å². The van der Waals surface area contributed by atoms with E-state index in [1.165, 1.54) is 23.9 Å². The van der Waals surface area contributed by atoms with Crippen molar-refractivity contribution in [2.45, 2.75) is 17.1 Å². The SMILES string of the molecule is Cc1ccc([N+](=O)[O-])cc1NC(=O)C(Sc1cccc(NC(=O)/C(=C/c2ccccc2)NC(=O)c2ccccc2)c1)c1ccccc1. The molecule has 10 heteroatoms. The van der Waals surface area contributed by atoms with Crippen LogP contribution in [0.1, 0.15) is 32.3 Å². The second-order valence-corrected chi connectivity index (χ2v) is 11.6. The molecule has 0 fully saturated rings. The molecule has 3 amide bonds. The Morgan fingerprint density at radius 1 is 0.766 bits per heavy atom.